The Labute approximate surface area is 159 Å². The van der Waals surface area contributed by atoms with Crippen molar-refractivity contribution >= 4 is 17.7 Å². The first kappa shape index (κ1) is 20.2. The Morgan fingerprint density at radius 1 is 1.11 bits per heavy atom. The quantitative estimate of drug-likeness (QED) is 0.786. The lowest BCUT2D eigenvalue weighted by Gasteiger charge is -2.23. The lowest BCUT2D eigenvalue weighted by atomic mass is 10.0. The van der Waals surface area contributed by atoms with Gasteiger partial charge in [0.25, 0.3) is 0 Å². The molecule has 142 valence electrons. The molecule has 6 heteroatoms. The van der Waals surface area contributed by atoms with Crippen molar-refractivity contribution in [3.05, 3.63) is 70.8 Å². The fourth-order valence-corrected chi connectivity index (χ4v) is 2.81. The molecule has 0 aliphatic carbocycles. The number of carbonyl (C=O) groups excluding carboxylic acids is 3. The molecule has 0 spiro atoms. The molecule has 0 radical (unpaired) electrons. The summed E-state index contributed by atoms with van der Waals surface area (Å²) < 4.78 is 0. The van der Waals surface area contributed by atoms with E-state index in [0.717, 1.165) is 16.7 Å². The Kier molecular flexibility index (Phi) is 6.71. The predicted molar refractivity (Wildman–Crippen MR) is 104 cm³/mol. The average Bonchev–Trinajstić information content (AvgIpc) is 2.61. The SMILES string of the molecule is CC(=O)NC(CC(=O)N(C)Cc1cccc(C(N)=O)c1)c1ccc(C)cc1. The largest absolute Gasteiger partial charge is 0.366 e. The fourth-order valence-electron chi connectivity index (χ4n) is 2.81. The monoisotopic (exact) mass is 367 g/mol. The molecule has 2 aromatic rings. The van der Waals surface area contributed by atoms with E-state index in [0.29, 0.717) is 12.1 Å². The van der Waals surface area contributed by atoms with Crippen LogP contribution in [0.4, 0.5) is 0 Å². The summed E-state index contributed by atoms with van der Waals surface area (Å²) >= 11 is 0. The molecular weight excluding hydrogens is 342 g/mol. The van der Waals surface area contributed by atoms with Crippen molar-refractivity contribution in [1.29, 1.82) is 0 Å². The molecule has 0 heterocycles. The molecule has 3 amide bonds. The predicted octanol–water partition coefficient (Wildman–Crippen LogP) is 2.32. The normalized spacial score (nSPS) is 11.5. The van der Waals surface area contributed by atoms with Gasteiger partial charge < -0.3 is 16.0 Å². The van der Waals surface area contributed by atoms with Crippen LogP contribution in [0.2, 0.25) is 0 Å². The number of primary amides is 1. The van der Waals surface area contributed by atoms with E-state index < -0.39 is 11.9 Å². The lowest BCUT2D eigenvalue weighted by Crippen LogP contribution is -2.33. The van der Waals surface area contributed by atoms with Gasteiger partial charge in [-0.25, -0.2) is 0 Å². The Bertz CT molecular complexity index is 831. The topological polar surface area (TPSA) is 92.5 Å². The van der Waals surface area contributed by atoms with E-state index in [9.17, 15) is 14.4 Å². The summed E-state index contributed by atoms with van der Waals surface area (Å²) in [7, 11) is 1.69. The summed E-state index contributed by atoms with van der Waals surface area (Å²) in [6.07, 6.45) is 0.147. The number of nitrogens with two attached hydrogens (primary N) is 1. The van der Waals surface area contributed by atoms with Crippen LogP contribution in [0.15, 0.2) is 48.5 Å². The van der Waals surface area contributed by atoms with E-state index in [1.807, 2.05) is 37.3 Å². The minimum absolute atomic E-state index is 0.112. The van der Waals surface area contributed by atoms with Gasteiger partial charge in [-0.05, 0) is 30.2 Å². The second-order valence-corrected chi connectivity index (χ2v) is 6.68. The zero-order chi connectivity index (χ0) is 20.0. The van der Waals surface area contributed by atoms with Crippen molar-refractivity contribution in [2.45, 2.75) is 32.9 Å². The molecule has 3 N–H and O–H groups in total. The molecule has 0 saturated heterocycles. The van der Waals surface area contributed by atoms with Gasteiger partial charge in [0.15, 0.2) is 0 Å². The first-order valence-corrected chi connectivity index (χ1v) is 8.72. The second kappa shape index (κ2) is 8.98. The highest BCUT2D eigenvalue weighted by Gasteiger charge is 2.20. The number of hydrogen-bond acceptors (Lipinski definition) is 3. The number of benzene rings is 2. The number of amides is 3. The first-order valence-electron chi connectivity index (χ1n) is 8.72. The maximum atomic E-state index is 12.7. The van der Waals surface area contributed by atoms with Gasteiger partial charge in [-0.3, -0.25) is 14.4 Å². The van der Waals surface area contributed by atoms with Crippen LogP contribution < -0.4 is 11.1 Å². The zero-order valence-electron chi connectivity index (χ0n) is 15.9. The standard InChI is InChI=1S/C21H25N3O3/c1-14-7-9-17(10-8-14)19(23-15(2)25)12-20(26)24(3)13-16-5-4-6-18(11-16)21(22)27/h4-11,19H,12-13H2,1-3H3,(H2,22,27)(H,23,25). The van der Waals surface area contributed by atoms with Crippen LogP contribution in [0, 0.1) is 6.92 Å². The molecule has 1 atom stereocenters. The number of carbonyl (C=O) groups is 3. The van der Waals surface area contributed by atoms with E-state index in [1.54, 1.807) is 30.1 Å². The third-order valence-electron chi connectivity index (χ3n) is 4.29. The fraction of sp³-hybridized carbons (Fsp3) is 0.286. The highest BCUT2D eigenvalue weighted by Crippen LogP contribution is 2.19. The molecule has 0 aliphatic rings. The van der Waals surface area contributed by atoms with Crippen LogP contribution in [-0.4, -0.2) is 29.7 Å². The number of hydrogen-bond donors (Lipinski definition) is 2. The zero-order valence-corrected chi connectivity index (χ0v) is 15.9. The van der Waals surface area contributed by atoms with Crippen molar-refractivity contribution in [2.24, 2.45) is 5.73 Å². The Balaban J connectivity index is 2.09. The minimum Gasteiger partial charge on any atom is -0.366 e. The van der Waals surface area contributed by atoms with Crippen molar-refractivity contribution in [2.75, 3.05) is 7.05 Å². The van der Waals surface area contributed by atoms with Gasteiger partial charge in [-0.15, -0.1) is 0 Å². The molecule has 0 saturated carbocycles. The van der Waals surface area contributed by atoms with Crippen LogP contribution in [0.25, 0.3) is 0 Å². The summed E-state index contributed by atoms with van der Waals surface area (Å²) in [6.45, 7) is 3.77. The summed E-state index contributed by atoms with van der Waals surface area (Å²) in [4.78, 5) is 37.1. The van der Waals surface area contributed by atoms with E-state index in [1.165, 1.54) is 6.92 Å². The summed E-state index contributed by atoms with van der Waals surface area (Å²) in [6, 6.07) is 14.2. The molecule has 2 rings (SSSR count). The van der Waals surface area contributed by atoms with Gasteiger partial charge in [0.05, 0.1) is 12.5 Å². The van der Waals surface area contributed by atoms with Crippen LogP contribution in [0.3, 0.4) is 0 Å². The molecule has 0 bridgehead atoms. The van der Waals surface area contributed by atoms with Gasteiger partial charge in [-0.2, -0.15) is 0 Å². The summed E-state index contributed by atoms with van der Waals surface area (Å²) in [5.74, 6) is -0.806. The number of rotatable bonds is 7. The Hall–Kier alpha value is -3.15. The van der Waals surface area contributed by atoms with E-state index in [-0.39, 0.29) is 18.2 Å². The highest BCUT2D eigenvalue weighted by atomic mass is 16.2. The van der Waals surface area contributed by atoms with Gasteiger partial charge >= 0.3 is 0 Å². The van der Waals surface area contributed by atoms with E-state index in [2.05, 4.69) is 5.32 Å². The maximum Gasteiger partial charge on any atom is 0.248 e. The van der Waals surface area contributed by atoms with Gasteiger partial charge in [0.1, 0.15) is 0 Å². The minimum atomic E-state index is -0.504. The Morgan fingerprint density at radius 3 is 2.37 bits per heavy atom. The molecular formula is C21H25N3O3. The third kappa shape index (κ3) is 5.95. The van der Waals surface area contributed by atoms with Crippen molar-refractivity contribution in [3.8, 4) is 0 Å². The number of aryl methyl sites for hydroxylation is 1. The molecule has 0 aliphatic heterocycles. The average molecular weight is 367 g/mol. The highest BCUT2D eigenvalue weighted by molar-refractivity contribution is 5.92. The number of nitrogens with zero attached hydrogens (tertiary/aromatic N) is 1. The number of nitrogens with one attached hydrogen (secondary N) is 1. The van der Waals surface area contributed by atoms with Gasteiger partial charge in [0, 0.05) is 26.1 Å². The molecule has 6 nitrogen and oxygen atoms in total. The maximum absolute atomic E-state index is 12.7. The van der Waals surface area contributed by atoms with Crippen molar-refractivity contribution in [3.63, 3.8) is 0 Å². The van der Waals surface area contributed by atoms with Crippen LogP contribution in [0.1, 0.15) is 46.4 Å². The summed E-state index contributed by atoms with van der Waals surface area (Å²) in [5, 5.41) is 2.84. The summed E-state index contributed by atoms with van der Waals surface area (Å²) in [5.41, 5.74) is 8.51. The lowest BCUT2D eigenvalue weighted by molar-refractivity contribution is -0.131. The molecule has 27 heavy (non-hydrogen) atoms. The van der Waals surface area contributed by atoms with Crippen LogP contribution in [-0.2, 0) is 16.1 Å². The van der Waals surface area contributed by atoms with Crippen molar-refractivity contribution in [1.82, 2.24) is 10.2 Å². The second-order valence-electron chi connectivity index (χ2n) is 6.68. The smallest absolute Gasteiger partial charge is 0.248 e. The van der Waals surface area contributed by atoms with E-state index in [4.69, 9.17) is 5.73 Å². The van der Waals surface area contributed by atoms with Gasteiger partial charge in [-0.1, -0.05) is 42.0 Å². The van der Waals surface area contributed by atoms with Crippen molar-refractivity contribution < 1.29 is 14.4 Å². The van der Waals surface area contributed by atoms with Crippen LogP contribution >= 0.6 is 0 Å². The molecule has 1 unspecified atom stereocenters. The van der Waals surface area contributed by atoms with Gasteiger partial charge in [0.2, 0.25) is 17.7 Å². The first-order chi connectivity index (χ1) is 12.8. The van der Waals surface area contributed by atoms with E-state index >= 15 is 0 Å². The molecule has 0 fully saturated rings. The molecule has 0 aromatic heterocycles. The van der Waals surface area contributed by atoms with Crippen LogP contribution in [0.5, 0.6) is 0 Å². The molecule has 2 aromatic carbocycles. The Morgan fingerprint density at radius 2 is 1.78 bits per heavy atom. The third-order valence-corrected chi connectivity index (χ3v) is 4.29.